The summed E-state index contributed by atoms with van der Waals surface area (Å²) in [5.74, 6) is 1.26. The fourth-order valence-corrected chi connectivity index (χ4v) is 3.57. The number of benzene rings is 1. The fraction of sp³-hybridized carbons (Fsp3) is 0.389. The second-order valence-corrected chi connectivity index (χ2v) is 6.80. The number of ether oxygens (including phenoxy) is 1. The number of morpholine rings is 1. The van der Waals surface area contributed by atoms with E-state index in [2.05, 4.69) is 22.8 Å². The molecule has 1 aliphatic rings. The van der Waals surface area contributed by atoms with Crippen molar-refractivity contribution < 1.29 is 9.53 Å². The van der Waals surface area contributed by atoms with Crippen LogP contribution >= 0.6 is 11.8 Å². The minimum atomic E-state index is 0.110. The summed E-state index contributed by atoms with van der Waals surface area (Å²) in [6.45, 7) is 9.02. The average Bonchev–Trinajstić information content (AvgIpc) is 3.03. The summed E-state index contributed by atoms with van der Waals surface area (Å²) in [7, 11) is 0. The first-order valence-corrected chi connectivity index (χ1v) is 9.27. The average molecular weight is 358 g/mol. The zero-order valence-corrected chi connectivity index (χ0v) is 15.2. The number of thioether (sulfide) groups is 1. The van der Waals surface area contributed by atoms with Crippen LogP contribution in [0, 0.1) is 6.92 Å². The zero-order chi connectivity index (χ0) is 17.6. The molecule has 2 aromatic rings. The molecule has 132 valence electrons. The van der Waals surface area contributed by atoms with Crippen molar-refractivity contribution in [2.45, 2.75) is 18.6 Å². The Hall–Kier alpha value is -2.12. The number of rotatable bonds is 6. The molecule has 0 spiro atoms. The summed E-state index contributed by atoms with van der Waals surface area (Å²) in [6, 6.07) is 8.15. The number of aryl methyl sites for hydroxylation is 1. The van der Waals surface area contributed by atoms with E-state index in [1.54, 1.807) is 0 Å². The van der Waals surface area contributed by atoms with E-state index < -0.39 is 0 Å². The molecule has 2 heterocycles. The van der Waals surface area contributed by atoms with Gasteiger partial charge in [-0.2, -0.15) is 0 Å². The summed E-state index contributed by atoms with van der Waals surface area (Å²) >= 11 is 1.42. The molecule has 7 heteroatoms. The van der Waals surface area contributed by atoms with Crippen LogP contribution in [0.5, 0.6) is 0 Å². The van der Waals surface area contributed by atoms with Gasteiger partial charge < -0.3 is 9.64 Å². The zero-order valence-electron chi connectivity index (χ0n) is 14.4. The molecule has 0 radical (unpaired) electrons. The molecule has 6 nitrogen and oxygen atoms in total. The SMILES string of the molecule is C=CCn1c(SCC(=O)N2CCOCC2)nnc1-c1cccc(C)c1. The third-order valence-electron chi connectivity index (χ3n) is 3.99. The number of allylic oxidation sites excluding steroid dienone is 1. The lowest BCUT2D eigenvalue weighted by atomic mass is 10.1. The first kappa shape index (κ1) is 17.7. The van der Waals surface area contributed by atoms with Gasteiger partial charge in [0.15, 0.2) is 11.0 Å². The van der Waals surface area contributed by atoms with Crippen molar-refractivity contribution in [3.63, 3.8) is 0 Å². The van der Waals surface area contributed by atoms with E-state index >= 15 is 0 Å². The summed E-state index contributed by atoms with van der Waals surface area (Å²) in [5.41, 5.74) is 2.18. The monoisotopic (exact) mass is 358 g/mol. The normalized spacial score (nSPS) is 14.5. The number of carbonyl (C=O) groups excluding carboxylic acids is 1. The van der Waals surface area contributed by atoms with Crippen LogP contribution in [-0.4, -0.2) is 57.6 Å². The van der Waals surface area contributed by atoms with E-state index in [1.807, 2.05) is 40.7 Å². The highest BCUT2D eigenvalue weighted by atomic mass is 32.2. The van der Waals surface area contributed by atoms with Crippen LogP contribution in [0.3, 0.4) is 0 Å². The van der Waals surface area contributed by atoms with Gasteiger partial charge in [-0.25, -0.2) is 0 Å². The van der Waals surface area contributed by atoms with Gasteiger partial charge in [-0.3, -0.25) is 9.36 Å². The van der Waals surface area contributed by atoms with Gasteiger partial charge in [-0.05, 0) is 13.0 Å². The van der Waals surface area contributed by atoms with Crippen molar-refractivity contribution in [2.75, 3.05) is 32.1 Å². The van der Waals surface area contributed by atoms with Gasteiger partial charge in [-0.15, -0.1) is 16.8 Å². The van der Waals surface area contributed by atoms with Gasteiger partial charge in [0.1, 0.15) is 0 Å². The minimum Gasteiger partial charge on any atom is -0.378 e. The number of hydrogen-bond donors (Lipinski definition) is 0. The van der Waals surface area contributed by atoms with E-state index in [0.29, 0.717) is 38.6 Å². The highest BCUT2D eigenvalue weighted by Gasteiger charge is 2.19. The first-order chi connectivity index (χ1) is 12.2. The second-order valence-electron chi connectivity index (χ2n) is 5.86. The quantitative estimate of drug-likeness (QED) is 0.586. The maximum atomic E-state index is 12.3. The number of carbonyl (C=O) groups is 1. The lowest BCUT2D eigenvalue weighted by Gasteiger charge is -2.26. The summed E-state index contributed by atoms with van der Waals surface area (Å²) in [4.78, 5) is 14.2. The highest BCUT2D eigenvalue weighted by Crippen LogP contribution is 2.25. The first-order valence-electron chi connectivity index (χ1n) is 8.28. The van der Waals surface area contributed by atoms with E-state index in [1.165, 1.54) is 17.3 Å². The molecule has 0 saturated carbocycles. The molecule has 0 atom stereocenters. The number of aromatic nitrogens is 3. The molecule has 0 aliphatic carbocycles. The Bertz CT molecular complexity index is 753. The molecule has 0 N–H and O–H groups in total. The lowest BCUT2D eigenvalue weighted by Crippen LogP contribution is -2.41. The molecule has 1 aliphatic heterocycles. The van der Waals surface area contributed by atoms with E-state index in [-0.39, 0.29) is 5.91 Å². The summed E-state index contributed by atoms with van der Waals surface area (Å²) < 4.78 is 7.29. The van der Waals surface area contributed by atoms with E-state index in [0.717, 1.165) is 16.5 Å². The Balaban J connectivity index is 1.75. The molecule has 1 amide bonds. The van der Waals surface area contributed by atoms with E-state index in [4.69, 9.17) is 4.74 Å². The van der Waals surface area contributed by atoms with Crippen molar-refractivity contribution in [2.24, 2.45) is 0 Å². The second kappa shape index (κ2) is 8.31. The molecular formula is C18H22N4O2S. The Morgan fingerprint density at radius 2 is 2.16 bits per heavy atom. The minimum absolute atomic E-state index is 0.110. The van der Waals surface area contributed by atoms with Crippen molar-refractivity contribution >= 4 is 17.7 Å². The standard InChI is InChI=1S/C18H22N4O2S/c1-3-7-22-17(15-6-4-5-14(2)12-15)19-20-18(22)25-13-16(23)21-8-10-24-11-9-21/h3-6,12H,1,7-11,13H2,2H3. The molecule has 25 heavy (non-hydrogen) atoms. The Morgan fingerprint density at radius 1 is 1.36 bits per heavy atom. The van der Waals surface area contributed by atoms with E-state index in [9.17, 15) is 4.79 Å². The molecular weight excluding hydrogens is 336 g/mol. The molecule has 1 aromatic carbocycles. The van der Waals surface area contributed by atoms with Gasteiger partial charge in [0.05, 0.1) is 19.0 Å². The van der Waals surface area contributed by atoms with Crippen molar-refractivity contribution in [3.05, 3.63) is 42.5 Å². The Morgan fingerprint density at radius 3 is 2.88 bits per heavy atom. The molecule has 1 saturated heterocycles. The number of nitrogens with zero attached hydrogens (tertiary/aromatic N) is 4. The van der Waals surface area contributed by atoms with Gasteiger partial charge in [-0.1, -0.05) is 41.6 Å². The molecule has 3 rings (SSSR count). The maximum absolute atomic E-state index is 12.3. The van der Waals surface area contributed by atoms with Gasteiger partial charge in [0.2, 0.25) is 5.91 Å². The molecule has 1 fully saturated rings. The summed E-state index contributed by atoms with van der Waals surface area (Å²) in [6.07, 6.45) is 1.82. The van der Waals surface area contributed by atoms with Crippen molar-refractivity contribution in [1.29, 1.82) is 0 Å². The number of amides is 1. The maximum Gasteiger partial charge on any atom is 0.233 e. The third-order valence-corrected chi connectivity index (χ3v) is 4.94. The van der Waals surface area contributed by atoms with Gasteiger partial charge in [0.25, 0.3) is 0 Å². The largest absolute Gasteiger partial charge is 0.378 e. The molecule has 1 aromatic heterocycles. The number of hydrogen-bond acceptors (Lipinski definition) is 5. The highest BCUT2D eigenvalue weighted by molar-refractivity contribution is 7.99. The third kappa shape index (κ3) is 4.29. The van der Waals surface area contributed by atoms with Crippen LogP contribution in [0.1, 0.15) is 5.56 Å². The van der Waals surface area contributed by atoms with Crippen LogP contribution in [0.15, 0.2) is 42.1 Å². The van der Waals surface area contributed by atoms with Crippen LogP contribution in [0.25, 0.3) is 11.4 Å². The topological polar surface area (TPSA) is 60.2 Å². The summed E-state index contributed by atoms with van der Waals surface area (Å²) in [5, 5.41) is 9.36. The lowest BCUT2D eigenvalue weighted by molar-refractivity contribution is -0.132. The van der Waals surface area contributed by atoms with Crippen molar-refractivity contribution in [1.82, 2.24) is 19.7 Å². The molecule has 0 unspecified atom stereocenters. The Labute approximate surface area is 151 Å². The van der Waals surface area contributed by atoms with Crippen LogP contribution < -0.4 is 0 Å². The smallest absolute Gasteiger partial charge is 0.233 e. The van der Waals surface area contributed by atoms with Gasteiger partial charge >= 0.3 is 0 Å². The Kier molecular flexibility index (Phi) is 5.88. The van der Waals surface area contributed by atoms with Crippen LogP contribution in [-0.2, 0) is 16.1 Å². The fourth-order valence-electron chi connectivity index (χ4n) is 2.72. The van der Waals surface area contributed by atoms with Crippen LogP contribution in [0.2, 0.25) is 0 Å². The predicted octanol–water partition coefficient (Wildman–Crippen LogP) is 2.39. The predicted molar refractivity (Wildman–Crippen MR) is 98.5 cm³/mol. The van der Waals surface area contributed by atoms with Gasteiger partial charge in [0, 0.05) is 25.2 Å². The van der Waals surface area contributed by atoms with Crippen LogP contribution in [0.4, 0.5) is 0 Å². The molecule has 0 bridgehead atoms. The van der Waals surface area contributed by atoms with Crippen molar-refractivity contribution in [3.8, 4) is 11.4 Å².